The number of halogens is 1. The Bertz CT molecular complexity index is 403. The standard InChI is InChI=1S/C10H9ClO/c1-2-9-5-7-3-4-8(11)6-10(7)12-9/h3-6H,2H2,1H3. The second-order valence-corrected chi connectivity index (χ2v) is 3.18. The molecule has 0 saturated heterocycles. The zero-order valence-electron chi connectivity index (χ0n) is 6.80. The molecule has 0 radical (unpaired) electrons. The normalized spacial score (nSPS) is 10.8. The maximum absolute atomic E-state index is 5.81. The molecular formula is C10H9ClO. The largest absolute Gasteiger partial charge is 0.461 e. The molecule has 0 aliphatic carbocycles. The molecule has 0 amide bonds. The Morgan fingerprint density at radius 3 is 2.92 bits per heavy atom. The fourth-order valence-corrected chi connectivity index (χ4v) is 1.40. The summed E-state index contributed by atoms with van der Waals surface area (Å²) in [6, 6.07) is 7.74. The number of rotatable bonds is 1. The average Bonchev–Trinajstić information content (AvgIpc) is 2.46. The van der Waals surface area contributed by atoms with Gasteiger partial charge in [0.2, 0.25) is 0 Å². The first-order chi connectivity index (χ1) is 5.79. The predicted octanol–water partition coefficient (Wildman–Crippen LogP) is 3.65. The summed E-state index contributed by atoms with van der Waals surface area (Å²) in [4.78, 5) is 0. The van der Waals surface area contributed by atoms with Crippen molar-refractivity contribution in [2.75, 3.05) is 0 Å². The van der Waals surface area contributed by atoms with Crippen LogP contribution in [0.15, 0.2) is 28.7 Å². The van der Waals surface area contributed by atoms with Crippen molar-refractivity contribution in [3.63, 3.8) is 0 Å². The van der Waals surface area contributed by atoms with Gasteiger partial charge in [-0.1, -0.05) is 18.5 Å². The van der Waals surface area contributed by atoms with Gasteiger partial charge in [0, 0.05) is 16.8 Å². The van der Waals surface area contributed by atoms with Gasteiger partial charge < -0.3 is 4.42 Å². The molecule has 0 spiro atoms. The molecule has 0 N–H and O–H groups in total. The van der Waals surface area contributed by atoms with E-state index in [0.29, 0.717) is 0 Å². The molecule has 0 saturated carbocycles. The first-order valence-corrected chi connectivity index (χ1v) is 4.35. The van der Waals surface area contributed by atoms with E-state index in [-0.39, 0.29) is 0 Å². The summed E-state index contributed by atoms with van der Waals surface area (Å²) in [6.07, 6.45) is 0.923. The van der Waals surface area contributed by atoms with Gasteiger partial charge in [0.15, 0.2) is 0 Å². The second-order valence-electron chi connectivity index (χ2n) is 2.75. The molecule has 2 heteroatoms. The predicted molar refractivity (Wildman–Crippen MR) is 50.6 cm³/mol. The van der Waals surface area contributed by atoms with Gasteiger partial charge in [-0.15, -0.1) is 0 Å². The van der Waals surface area contributed by atoms with Gasteiger partial charge in [-0.3, -0.25) is 0 Å². The Kier molecular flexibility index (Phi) is 1.81. The highest BCUT2D eigenvalue weighted by molar-refractivity contribution is 6.31. The smallest absolute Gasteiger partial charge is 0.135 e. The molecule has 0 bridgehead atoms. The minimum atomic E-state index is 0.722. The third-order valence-electron chi connectivity index (χ3n) is 1.88. The van der Waals surface area contributed by atoms with Gasteiger partial charge in [-0.2, -0.15) is 0 Å². The molecule has 2 rings (SSSR count). The molecule has 0 atom stereocenters. The van der Waals surface area contributed by atoms with E-state index in [9.17, 15) is 0 Å². The lowest BCUT2D eigenvalue weighted by Gasteiger charge is -1.87. The van der Waals surface area contributed by atoms with E-state index in [2.05, 4.69) is 6.92 Å². The van der Waals surface area contributed by atoms with Gasteiger partial charge in [0.1, 0.15) is 11.3 Å². The Morgan fingerprint density at radius 2 is 2.17 bits per heavy atom. The van der Waals surface area contributed by atoms with Crippen LogP contribution in [-0.2, 0) is 6.42 Å². The first kappa shape index (κ1) is 7.69. The zero-order chi connectivity index (χ0) is 8.55. The van der Waals surface area contributed by atoms with Crippen molar-refractivity contribution in [1.29, 1.82) is 0 Å². The lowest BCUT2D eigenvalue weighted by atomic mass is 10.2. The van der Waals surface area contributed by atoms with E-state index in [1.165, 1.54) is 0 Å². The van der Waals surface area contributed by atoms with Crippen LogP contribution in [-0.4, -0.2) is 0 Å². The Hall–Kier alpha value is -0.950. The van der Waals surface area contributed by atoms with Crippen LogP contribution in [0.1, 0.15) is 12.7 Å². The van der Waals surface area contributed by atoms with Crippen LogP contribution in [0.3, 0.4) is 0 Å². The minimum absolute atomic E-state index is 0.722. The van der Waals surface area contributed by atoms with E-state index in [4.69, 9.17) is 16.0 Å². The van der Waals surface area contributed by atoms with Crippen LogP contribution in [0.5, 0.6) is 0 Å². The van der Waals surface area contributed by atoms with E-state index >= 15 is 0 Å². The van der Waals surface area contributed by atoms with Crippen LogP contribution in [0, 0.1) is 0 Å². The van der Waals surface area contributed by atoms with Crippen molar-refractivity contribution in [3.05, 3.63) is 35.0 Å². The fraction of sp³-hybridized carbons (Fsp3) is 0.200. The van der Waals surface area contributed by atoms with Crippen molar-refractivity contribution in [3.8, 4) is 0 Å². The molecular weight excluding hydrogens is 172 g/mol. The fourth-order valence-electron chi connectivity index (χ4n) is 1.23. The van der Waals surface area contributed by atoms with Crippen molar-refractivity contribution in [2.45, 2.75) is 13.3 Å². The number of hydrogen-bond donors (Lipinski definition) is 0. The summed E-state index contributed by atoms with van der Waals surface area (Å²) in [5, 5.41) is 1.84. The molecule has 1 nitrogen and oxygen atoms in total. The summed E-state index contributed by atoms with van der Waals surface area (Å²) in [6.45, 7) is 2.07. The molecule has 2 aromatic rings. The Labute approximate surface area is 75.9 Å². The number of furan rings is 1. The SMILES string of the molecule is CCc1cc2ccc(Cl)cc2o1. The molecule has 1 heterocycles. The molecule has 1 aromatic heterocycles. The molecule has 0 fully saturated rings. The maximum Gasteiger partial charge on any atom is 0.135 e. The van der Waals surface area contributed by atoms with E-state index in [1.807, 2.05) is 24.3 Å². The summed E-state index contributed by atoms with van der Waals surface area (Å²) in [5.74, 6) is 1.01. The summed E-state index contributed by atoms with van der Waals surface area (Å²) >= 11 is 5.81. The number of hydrogen-bond acceptors (Lipinski definition) is 1. The third kappa shape index (κ3) is 1.21. The Balaban J connectivity index is 2.67. The first-order valence-electron chi connectivity index (χ1n) is 3.97. The van der Waals surface area contributed by atoms with Gasteiger partial charge in [-0.05, 0) is 24.3 Å². The van der Waals surface area contributed by atoms with Crippen molar-refractivity contribution in [2.24, 2.45) is 0 Å². The van der Waals surface area contributed by atoms with Crippen LogP contribution < -0.4 is 0 Å². The topological polar surface area (TPSA) is 13.1 Å². The lowest BCUT2D eigenvalue weighted by molar-refractivity contribution is 0.557. The van der Waals surface area contributed by atoms with Crippen molar-refractivity contribution >= 4 is 22.6 Å². The molecule has 62 valence electrons. The maximum atomic E-state index is 5.81. The highest BCUT2D eigenvalue weighted by Gasteiger charge is 2.01. The molecule has 1 aromatic carbocycles. The number of fused-ring (bicyclic) bond motifs is 1. The summed E-state index contributed by atoms with van der Waals surface area (Å²) < 4.78 is 5.51. The monoisotopic (exact) mass is 180 g/mol. The summed E-state index contributed by atoms with van der Waals surface area (Å²) in [5.41, 5.74) is 0.874. The van der Waals surface area contributed by atoms with Crippen molar-refractivity contribution in [1.82, 2.24) is 0 Å². The number of benzene rings is 1. The lowest BCUT2D eigenvalue weighted by Crippen LogP contribution is -1.67. The summed E-state index contributed by atoms with van der Waals surface area (Å²) in [7, 11) is 0. The van der Waals surface area contributed by atoms with Gasteiger partial charge in [0.05, 0.1) is 0 Å². The van der Waals surface area contributed by atoms with Crippen LogP contribution in [0.4, 0.5) is 0 Å². The van der Waals surface area contributed by atoms with Crippen LogP contribution >= 0.6 is 11.6 Å². The van der Waals surface area contributed by atoms with E-state index in [1.54, 1.807) is 0 Å². The zero-order valence-corrected chi connectivity index (χ0v) is 7.56. The molecule has 0 aliphatic heterocycles. The Morgan fingerprint density at radius 1 is 1.33 bits per heavy atom. The molecule has 12 heavy (non-hydrogen) atoms. The van der Waals surface area contributed by atoms with Gasteiger partial charge in [-0.25, -0.2) is 0 Å². The average molecular weight is 181 g/mol. The highest BCUT2D eigenvalue weighted by atomic mass is 35.5. The van der Waals surface area contributed by atoms with Gasteiger partial charge >= 0.3 is 0 Å². The second kappa shape index (κ2) is 2.83. The van der Waals surface area contributed by atoms with E-state index in [0.717, 1.165) is 28.2 Å². The molecule has 0 aliphatic rings. The number of aryl methyl sites for hydroxylation is 1. The quantitative estimate of drug-likeness (QED) is 0.653. The van der Waals surface area contributed by atoms with Crippen LogP contribution in [0.2, 0.25) is 5.02 Å². The third-order valence-corrected chi connectivity index (χ3v) is 2.12. The van der Waals surface area contributed by atoms with Crippen LogP contribution in [0.25, 0.3) is 11.0 Å². The highest BCUT2D eigenvalue weighted by Crippen LogP contribution is 2.22. The molecule has 0 unspecified atom stereocenters. The van der Waals surface area contributed by atoms with Gasteiger partial charge in [0.25, 0.3) is 0 Å². The van der Waals surface area contributed by atoms with E-state index < -0.39 is 0 Å². The minimum Gasteiger partial charge on any atom is -0.461 e. The van der Waals surface area contributed by atoms with Crippen molar-refractivity contribution < 1.29 is 4.42 Å².